The third kappa shape index (κ3) is 4.06. The zero-order chi connectivity index (χ0) is 15.1. The highest BCUT2D eigenvalue weighted by atomic mass is 16.5. The molecule has 1 aliphatic heterocycles. The van der Waals surface area contributed by atoms with Crippen molar-refractivity contribution in [3.05, 3.63) is 11.6 Å². The molecule has 1 aliphatic rings. The maximum atomic E-state index is 12.3. The second-order valence-corrected chi connectivity index (χ2v) is 4.27. The molecular formula is C13H19NO6. The monoisotopic (exact) mass is 285 g/mol. The van der Waals surface area contributed by atoms with Gasteiger partial charge in [-0.1, -0.05) is 0 Å². The molecule has 0 aromatic rings. The summed E-state index contributed by atoms with van der Waals surface area (Å²) < 4.78 is 14.3. The molecule has 1 unspecified atom stereocenters. The molecule has 1 amide bonds. The van der Waals surface area contributed by atoms with Gasteiger partial charge in [-0.05, 0) is 6.92 Å². The minimum atomic E-state index is -0.778. The standard InChI is InChI=1S/C13H19NO6/c1-9(12(16)14-4-6-20-7-5-14)10(13(17)19-3)8-11(15)18-2/h8-9H,4-7H2,1-3H3/b10-8+. The van der Waals surface area contributed by atoms with E-state index >= 15 is 0 Å². The normalized spacial score (nSPS) is 17.4. The zero-order valence-electron chi connectivity index (χ0n) is 11.9. The van der Waals surface area contributed by atoms with Crippen LogP contribution in [0.15, 0.2) is 11.6 Å². The molecule has 0 radical (unpaired) electrons. The lowest BCUT2D eigenvalue weighted by molar-refractivity contribution is -0.143. The van der Waals surface area contributed by atoms with Gasteiger partial charge in [0.2, 0.25) is 5.91 Å². The number of carbonyl (C=O) groups excluding carboxylic acids is 3. The van der Waals surface area contributed by atoms with E-state index in [0.29, 0.717) is 26.3 Å². The summed E-state index contributed by atoms with van der Waals surface area (Å²) in [4.78, 5) is 36.9. The first-order valence-electron chi connectivity index (χ1n) is 6.25. The summed E-state index contributed by atoms with van der Waals surface area (Å²) in [5, 5.41) is 0. The fourth-order valence-corrected chi connectivity index (χ4v) is 1.86. The second kappa shape index (κ2) is 7.64. The van der Waals surface area contributed by atoms with Crippen molar-refractivity contribution >= 4 is 17.8 Å². The fourth-order valence-electron chi connectivity index (χ4n) is 1.86. The van der Waals surface area contributed by atoms with Crippen LogP contribution in [0.3, 0.4) is 0 Å². The van der Waals surface area contributed by atoms with Crippen LogP contribution in [-0.2, 0) is 28.6 Å². The van der Waals surface area contributed by atoms with Gasteiger partial charge >= 0.3 is 11.9 Å². The largest absolute Gasteiger partial charge is 0.466 e. The van der Waals surface area contributed by atoms with Crippen LogP contribution in [0, 0.1) is 5.92 Å². The van der Waals surface area contributed by atoms with Gasteiger partial charge in [-0.2, -0.15) is 0 Å². The SMILES string of the molecule is COC(=O)/C=C(/C(=O)OC)C(C)C(=O)N1CCOCC1. The lowest BCUT2D eigenvalue weighted by Crippen LogP contribution is -2.44. The van der Waals surface area contributed by atoms with Gasteiger partial charge < -0.3 is 19.1 Å². The Hall–Kier alpha value is -1.89. The van der Waals surface area contributed by atoms with Gasteiger partial charge in [-0.15, -0.1) is 0 Å². The highest BCUT2D eigenvalue weighted by molar-refractivity contribution is 6.01. The lowest BCUT2D eigenvalue weighted by Gasteiger charge is -2.29. The predicted octanol–water partition coefficient (Wildman–Crippen LogP) is -0.246. The van der Waals surface area contributed by atoms with Crippen molar-refractivity contribution in [2.24, 2.45) is 5.92 Å². The van der Waals surface area contributed by atoms with E-state index in [1.165, 1.54) is 14.2 Å². The van der Waals surface area contributed by atoms with Crippen LogP contribution in [0.2, 0.25) is 0 Å². The molecule has 1 saturated heterocycles. The molecule has 7 nitrogen and oxygen atoms in total. The molecule has 0 saturated carbocycles. The van der Waals surface area contributed by atoms with Crippen molar-refractivity contribution in [3.63, 3.8) is 0 Å². The Morgan fingerprint density at radius 3 is 2.25 bits per heavy atom. The number of methoxy groups -OCH3 is 2. The molecule has 0 aromatic heterocycles. The number of esters is 2. The first kappa shape index (κ1) is 16.2. The Morgan fingerprint density at radius 2 is 1.75 bits per heavy atom. The van der Waals surface area contributed by atoms with E-state index in [2.05, 4.69) is 9.47 Å². The molecule has 7 heteroatoms. The Morgan fingerprint density at radius 1 is 1.15 bits per heavy atom. The smallest absolute Gasteiger partial charge is 0.334 e. The molecule has 20 heavy (non-hydrogen) atoms. The zero-order valence-corrected chi connectivity index (χ0v) is 11.9. The minimum Gasteiger partial charge on any atom is -0.466 e. The van der Waals surface area contributed by atoms with Crippen LogP contribution >= 0.6 is 0 Å². The fraction of sp³-hybridized carbons (Fsp3) is 0.615. The Labute approximate surface area is 117 Å². The maximum Gasteiger partial charge on any atom is 0.334 e. The van der Waals surface area contributed by atoms with E-state index in [9.17, 15) is 14.4 Å². The van der Waals surface area contributed by atoms with Crippen LogP contribution in [0.4, 0.5) is 0 Å². The number of ether oxygens (including phenoxy) is 3. The number of hydrogen-bond acceptors (Lipinski definition) is 6. The van der Waals surface area contributed by atoms with E-state index in [1.807, 2.05) is 0 Å². The van der Waals surface area contributed by atoms with E-state index in [-0.39, 0.29) is 11.5 Å². The number of amides is 1. The first-order valence-corrected chi connectivity index (χ1v) is 6.25. The lowest BCUT2D eigenvalue weighted by atomic mass is 9.98. The average molecular weight is 285 g/mol. The molecule has 0 spiro atoms. The summed E-state index contributed by atoms with van der Waals surface area (Å²) in [6.07, 6.45) is 0.995. The van der Waals surface area contributed by atoms with Crippen LogP contribution < -0.4 is 0 Å². The molecule has 1 fully saturated rings. The summed E-state index contributed by atoms with van der Waals surface area (Å²) in [6.45, 7) is 3.43. The molecule has 0 aliphatic carbocycles. The van der Waals surface area contributed by atoms with Crippen LogP contribution in [-0.4, -0.2) is 63.3 Å². The number of morpholine rings is 1. The van der Waals surface area contributed by atoms with Gasteiger partial charge in [0.1, 0.15) is 0 Å². The first-order chi connectivity index (χ1) is 9.51. The highest BCUT2D eigenvalue weighted by Gasteiger charge is 2.29. The average Bonchev–Trinajstić information content (AvgIpc) is 2.50. The van der Waals surface area contributed by atoms with Crippen LogP contribution in [0.5, 0.6) is 0 Å². The highest BCUT2D eigenvalue weighted by Crippen LogP contribution is 2.17. The Balaban J connectivity index is 2.89. The van der Waals surface area contributed by atoms with Gasteiger partial charge in [-0.25, -0.2) is 9.59 Å². The van der Waals surface area contributed by atoms with Crippen LogP contribution in [0.25, 0.3) is 0 Å². The number of rotatable bonds is 4. The summed E-state index contributed by atoms with van der Waals surface area (Å²) in [6, 6.07) is 0. The second-order valence-electron chi connectivity index (χ2n) is 4.27. The van der Waals surface area contributed by atoms with Gasteiger partial charge in [0.15, 0.2) is 0 Å². The Bertz CT molecular complexity index is 411. The van der Waals surface area contributed by atoms with Gasteiger partial charge in [-0.3, -0.25) is 4.79 Å². The maximum absolute atomic E-state index is 12.3. The van der Waals surface area contributed by atoms with Crippen molar-refractivity contribution in [3.8, 4) is 0 Å². The minimum absolute atomic E-state index is 0.0177. The quantitative estimate of drug-likeness (QED) is 0.523. The molecule has 1 rings (SSSR count). The summed E-state index contributed by atoms with van der Waals surface area (Å²) in [7, 11) is 2.39. The van der Waals surface area contributed by atoms with E-state index in [1.54, 1.807) is 11.8 Å². The summed E-state index contributed by atoms with van der Waals surface area (Å²) in [5.41, 5.74) is -0.0177. The van der Waals surface area contributed by atoms with Crippen LogP contribution in [0.1, 0.15) is 6.92 Å². The molecule has 0 N–H and O–H groups in total. The molecule has 112 valence electrons. The Kier molecular flexibility index (Phi) is 6.17. The van der Waals surface area contributed by atoms with E-state index in [0.717, 1.165) is 6.08 Å². The molecule has 1 atom stereocenters. The third-order valence-electron chi connectivity index (χ3n) is 3.06. The van der Waals surface area contributed by atoms with Crippen molar-refractivity contribution < 1.29 is 28.6 Å². The van der Waals surface area contributed by atoms with Gasteiger partial charge in [0.25, 0.3) is 0 Å². The molecule has 0 aromatic carbocycles. The van der Waals surface area contributed by atoms with Gasteiger partial charge in [0, 0.05) is 19.2 Å². The van der Waals surface area contributed by atoms with E-state index in [4.69, 9.17) is 4.74 Å². The molecule has 1 heterocycles. The van der Waals surface area contributed by atoms with Crippen molar-refractivity contribution in [2.75, 3.05) is 40.5 Å². The van der Waals surface area contributed by atoms with Crippen molar-refractivity contribution in [1.82, 2.24) is 4.90 Å². The molecule has 0 bridgehead atoms. The summed E-state index contributed by atoms with van der Waals surface area (Å²) in [5.74, 6) is -2.44. The number of nitrogens with zero attached hydrogens (tertiary/aromatic N) is 1. The van der Waals surface area contributed by atoms with Gasteiger partial charge in [0.05, 0.1) is 38.9 Å². The molecular weight excluding hydrogens is 266 g/mol. The van der Waals surface area contributed by atoms with E-state index < -0.39 is 17.9 Å². The number of carbonyl (C=O) groups is 3. The number of hydrogen-bond donors (Lipinski definition) is 0. The van der Waals surface area contributed by atoms with Crippen molar-refractivity contribution in [2.45, 2.75) is 6.92 Å². The topological polar surface area (TPSA) is 82.1 Å². The van der Waals surface area contributed by atoms with Crippen molar-refractivity contribution in [1.29, 1.82) is 0 Å². The predicted molar refractivity (Wildman–Crippen MR) is 68.7 cm³/mol. The third-order valence-corrected chi connectivity index (χ3v) is 3.06. The summed E-state index contributed by atoms with van der Waals surface area (Å²) >= 11 is 0.